The molecule has 0 saturated carbocycles. The van der Waals surface area contributed by atoms with Gasteiger partial charge in [0, 0.05) is 31.4 Å². The van der Waals surface area contributed by atoms with Gasteiger partial charge in [0.2, 0.25) is 0 Å². The summed E-state index contributed by atoms with van der Waals surface area (Å²) >= 11 is 0. The van der Waals surface area contributed by atoms with Gasteiger partial charge in [-0.15, -0.1) is 0 Å². The van der Waals surface area contributed by atoms with E-state index in [1.807, 2.05) is 11.8 Å². The Morgan fingerprint density at radius 2 is 1.78 bits per heavy atom. The summed E-state index contributed by atoms with van der Waals surface area (Å²) in [6, 6.07) is 5.44. The smallest absolute Gasteiger partial charge is 0.421 e. The zero-order valence-electron chi connectivity index (χ0n) is 12.8. The average molecular weight is 332 g/mol. The van der Waals surface area contributed by atoms with E-state index < -0.39 is 17.9 Å². The molecule has 0 aliphatic carbocycles. The highest BCUT2D eigenvalue weighted by Crippen LogP contribution is 2.39. The van der Waals surface area contributed by atoms with Crippen LogP contribution >= 0.6 is 0 Å². The first-order valence-corrected chi connectivity index (χ1v) is 7.18. The topological polar surface area (TPSA) is 64.0 Å². The number of alkyl halides is 3. The van der Waals surface area contributed by atoms with E-state index >= 15 is 0 Å². The van der Waals surface area contributed by atoms with Gasteiger partial charge in [-0.05, 0) is 31.5 Å². The van der Waals surface area contributed by atoms with E-state index in [1.165, 1.54) is 29.2 Å². The number of aliphatic hydroxyl groups is 1. The molecule has 1 heterocycles. The summed E-state index contributed by atoms with van der Waals surface area (Å²) in [7, 11) is 0. The first-order valence-electron chi connectivity index (χ1n) is 7.18. The van der Waals surface area contributed by atoms with Crippen LogP contribution in [0.5, 0.6) is 0 Å². The van der Waals surface area contributed by atoms with Crippen molar-refractivity contribution >= 4 is 11.8 Å². The molecule has 1 saturated heterocycles. The van der Waals surface area contributed by atoms with Crippen molar-refractivity contribution in [1.82, 2.24) is 4.90 Å². The molecule has 0 aromatic heterocycles. The fourth-order valence-electron chi connectivity index (χ4n) is 2.66. The number of halogens is 3. The summed E-state index contributed by atoms with van der Waals surface area (Å²) in [5, 5.41) is 18.6. The Hall–Kier alpha value is -1.96. The second-order valence-corrected chi connectivity index (χ2v) is 5.89. The molecule has 1 fully saturated rings. The third-order valence-corrected chi connectivity index (χ3v) is 4.21. The van der Waals surface area contributed by atoms with E-state index in [1.54, 1.807) is 0 Å². The van der Waals surface area contributed by atoms with Gasteiger partial charge < -0.3 is 20.0 Å². The molecule has 1 aromatic rings. The van der Waals surface area contributed by atoms with Crippen molar-refractivity contribution in [3.05, 3.63) is 29.8 Å². The van der Waals surface area contributed by atoms with Crippen LogP contribution in [0.2, 0.25) is 0 Å². The minimum Gasteiger partial charge on any atom is -0.465 e. The van der Waals surface area contributed by atoms with E-state index in [2.05, 4.69) is 0 Å². The van der Waals surface area contributed by atoms with Crippen molar-refractivity contribution in [2.75, 3.05) is 24.5 Å². The number of carbonyl (C=O) groups is 1. The maximum absolute atomic E-state index is 12.8. The van der Waals surface area contributed by atoms with Crippen molar-refractivity contribution < 1.29 is 28.2 Å². The van der Waals surface area contributed by atoms with Gasteiger partial charge in [0.1, 0.15) is 0 Å². The number of benzene rings is 1. The van der Waals surface area contributed by atoms with Gasteiger partial charge in [0.15, 0.2) is 5.60 Å². The number of rotatable bonds is 2. The Kier molecular flexibility index (Phi) is 4.48. The molecule has 1 amide bonds. The van der Waals surface area contributed by atoms with Gasteiger partial charge >= 0.3 is 12.3 Å². The molecule has 1 unspecified atom stereocenters. The number of nitrogens with zero attached hydrogens (tertiary/aromatic N) is 2. The third kappa shape index (κ3) is 3.36. The fraction of sp³-hybridized carbons (Fsp3) is 0.533. The van der Waals surface area contributed by atoms with E-state index in [-0.39, 0.29) is 11.6 Å². The molecule has 1 aliphatic heterocycles. The third-order valence-electron chi connectivity index (χ3n) is 4.21. The highest BCUT2D eigenvalue weighted by atomic mass is 19.4. The second-order valence-electron chi connectivity index (χ2n) is 5.89. The highest BCUT2D eigenvalue weighted by Gasteiger charge is 2.51. The maximum Gasteiger partial charge on any atom is 0.421 e. The molecule has 0 bridgehead atoms. The first kappa shape index (κ1) is 17.4. The molecule has 1 aromatic carbocycles. The molecule has 23 heavy (non-hydrogen) atoms. The van der Waals surface area contributed by atoms with Crippen LogP contribution < -0.4 is 4.90 Å². The van der Waals surface area contributed by atoms with Crippen LogP contribution in [0, 0.1) is 0 Å². The molecule has 0 radical (unpaired) electrons. The number of carboxylic acid groups (broad SMARTS) is 1. The number of amides is 1. The van der Waals surface area contributed by atoms with E-state index in [9.17, 15) is 23.1 Å². The molecule has 5 nitrogen and oxygen atoms in total. The summed E-state index contributed by atoms with van der Waals surface area (Å²) in [5.74, 6) is 0. The Morgan fingerprint density at radius 1 is 1.22 bits per heavy atom. The summed E-state index contributed by atoms with van der Waals surface area (Å²) < 4.78 is 38.5. The van der Waals surface area contributed by atoms with Crippen molar-refractivity contribution in [3.63, 3.8) is 0 Å². The van der Waals surface area contributed by atoms with Crippen LogP contribution in [0.1, 0.15) is 19.4 Å². The van der Waals surface area contributed by atoms with Gasteiger partial charge in [-0.25, -0.2) is 4.79 Å². The van der Waals surface area contributed by atoms with Gasteiger partial charge in [0.25, 0.3) is 0 Å². The van der Waals surface area contributed by atoms with Crippen molar-refractivity contribution in [1.29, 1.82) is 0 Å². The standard InChI is InChI=1S/C15H19F3N2O3/c1-10-9-19(13(21)22)7-8-20(10)12-5-3-11(4-6-12)14(2,23)15(16,17)18/h3-6,10,23H,7-9H2,1-2H3,(H,21,22)/t10-,14?/m0/s1. The van der Waals surface area contributed by atoms with Gasteiger partial charge in [-0.2, -0.15) is 13.2 Å². The highest BCUT2D eigenvalue weighted by molar-refractivity contribution is 5.65. The number of piperazine rings is 1. The maximum atomic E-state index is 12.8. The molecular formula is C15H19F3N2O3. The predicted molar refractivity (Wildman–Crippen MR) is 78.5 cm³/mol. The normalized spacial score (nSPS) is 21.9. The number of hydrogen-bond donors (Lipinski definition) is 2. The fourth-order valence-corrected chi connectivity index (χ4v) is 2.66. The zero-order valence-corrected chi connectivity index (χ0v) is 12.8. The lowest BCUT2D eigenvalue weighted by atomic mass is 9.95. The van der Waals surface area contributed by atoms with Gasteiger partial charge in [0.05, 0.1) is 0 Å². The molecule has 8 heteroatoms. The summed E-state index contributed by atoms with van der Waals surface area (Å²) in [4.78, 5) is 14.2. The summed E-state index contributed by atoms with van der Waals surface area (Å²) in [5.41, 5.74) is -2.44. The average Bonchev–Trinajstić information content (AvgIpc) is 2.46. The van der Waals surface area contributed by atoms with E-state index in [0.29, 0.717) is 25.3 Å². The Bertz CT molecular complexity index is 572. The number of anilines is 1. The van der Waals surface area contributed by atoms with Gasteiger partial charge in [-0.1, -0.05) is 12.1 Å². The Morgan fingerprint density at radius 3 is 2.22 bits per heavy atom. The van der Waals surface area contributed by atoms with E-state index in [4.69, 9.17) is 5.11 Å². The molecular weight excluding hydrogens is 313 g/mol. The van der Waals surface area contributed by atoms with Crippen LogP contribution in [0.15, 0.2) is 24.3 Å². The summed E-state index contributed by atoms with van der Waals surface area (Å²) in [6.07, 6.45) is -5.73. The molecule has 128 valence electrons. The van der Waals surface area contributed by atoms with Crippen molar-refractivity contribution in [2.45, 2.75) is 31.7 Å². The lowest BCUT2D eigenvalue weighted by molar-refractivity contribution is -0.258. The molecule has 2 N–H and O–H groups in total. The van der Waals surface area contributed by atoms with Crippen molar-refractivity contribution in [2.24, 2.45) is 0 Å². The first-order chi connectivity index (χ1) is 10.5. The van der Waals surface area contributed by atoms with E-state index in [0.717, 1.165) is 6.92 Å². The second kappa shape index (κ2) is 5.92. The SMILES string of the molecule is C[C@H]1CN(C(=O)O)CCN1c1ccc(C(C)(O)C(F)(F)F)cc1. The largest absolute Gasteiger partial charge is 0.465 e. The quantitative estimate of drug-likeness (QED) is 0.874. The van der Waals surface area contributed by atoms with Crippen molar-refractivity contribution in [3.8, 4) is 0 Å². The van der Waals surface area contributed by atoms with Crippen LogP contribution in [0.3, 0.4) is 0 Å². The Balaban J connectivity index is 2.16. The molecule has 1 aliphatic rings. The minimum atomic E-state index is -4.76. The van der Waals surface area contributed by atoms with Crippen LogP contribution in [-0.2, 0) is 5.60 Å². The summed E-state index contributed by atoms with van der Waals surface area (Å²) in [6.45, 7) is 3.70. The van der Waals surface area contributed by atoms with Crippen LogP contribution in [0.4, 0.5) is 23.7 Å². The molecule has 2 rings (SSSR count). The van der Waals surface area contributed by atoms with Gasteiger partial charge in [-0.3, -0.25) is 0 Å². The minimum absolute atomic E-state index is 0.0890. The lowest BCUT2D eigenvalue weighted by Crippen LogP contribution is -2.53. The van der Waals surface area contributed by atoms with Crippen LogP contribution in [-0.4, -0.2) is 53.1 Å². The Labute approximate surface area is 131 Å². The predicted octanol–water partition coefficient (Wildman–Crippen LogP) is 2.64. The lowest BCUT2D eigenvalue weighted by Gasteiger charge is -2.40. The monoisotopic (exact) mass is 332 g/mol. The number of hydrogen-bond acceptors (Lipinski definition) is 3. The molecule has 0 spiro atoms. The zero-order chi connectivity index (χ0) is 17.4. The molecule has 2 atom stereocenters. The van der Waals surface area contributed by atoms with Crippen LogP contribution in [0.25, 0.3) is 0 Å².